The van der Waals surface area contributed by atoms with E-state index in [0.29, 0.717) is 5.69 Å². The summed E-state index contributed by atoms with van der Waals surface area (Å²) < 4.78 is 2.07. The third-order valence-electron chi connectivity index (χ3n) is 6.58. The van der Waals surface area contributed by atoms with Gasteiger partial charge in [-0.2, -0.15) is 0 Å². The van der Waals surface area contributed by atoms with E-state index in [-0.39, 0.29) is 17.8 Å². The predicted molar refractivity (Wildman–Crippen MR) is 136 cm³/mol. The maximum Gasteiger partial charge on any atom is 0.261 e. The number of nitrogens with one attached hydrogen (secondary N) is 2. The average Bonchev–Trinajstić information content (AvgIpc) is 3.50. The molecule has 5 rings (SSSR count). The van der Waals surface area contributed by atoms with Gasteiger partial charge in [0, 0.05) is 19.7 Å². The van der Waals surface area contributed by atoms with Crippen LogP contribution in [0.2, 0.25) is 0 Å². The number of carbonyl (C=O) groups excluding carboxylic acids is 2. The molecule has 180 valence electrons. The first-order chi connectivity index (χ1) is 17.6. The van der Waals surface area contributed by atoms with Gasteiger partial charge in [-0.25, -0.2) is 4.98 Å². The first-order valence-corrected chi connectivity index (χ1v) is 11.7. The van der Waals surface area contributed by atoms with Gasteiger partial charge in [-0.1, -0.05) is 91.0 Å². The lowest BCUT2D eigenvalue weighted by molar-refractivity contribution is -0.122. The summed E-state index contributed by atoms with van der Waals surface area (Å²) in [6, 6.07) is 29.9. The van der Waals surface area contributed by atoms with Crippen molar-refractivity contribution in [1.29, 1.82) is 0 Å². The summed E-state index contributed by atoms with van der Waals surface area (Å²) in [6.07, 6.45) is 3.95. The standard InChI is InChI=1S/C29H26N4O3/c1-30-27(35)25-26(34)24(32-28(25)36)17-23-18-33(19-31-23)29(20-11-5-2-6-12-20,21-13-7-3-8-14-21)22-15-9-4-10-16-22/h2-16,18-19,24,34H,17H2,1H3,(H,30,35)(H,32,36). The normalized spacial score (nSPS) is 15.6. The van der Waals surface area contributed by atoms with Gasteiger partial charge in [-0.15, -0.1) is 0 Å². The fourth-order valence-corrected chi connectivity index (χ4v) is 4.93. The molecule has 1 unspecified atom stereocenters. The molecular formula is C29H26N4O3. The molecule has 1 aromatic heterocycles. The van der Waals surface area contributed by atoms with Crippen LogP contribution in [0.3, 0.4) is 0 Å². The monoisotopic (exact) mass is 478 g/mol. The number of aliphatic hydroxyl groups excluding tert-OH is 1. The Labute approximate surface area is 209 Å². The molecule has 4 aromatic rings. The molecule has 0 aliphatic carbocycles. The van der Waals surface area contributed by atoms with Crippen LogP contribution in [0.4, 0.5) is 0 Å². The second-order valence-electron chi connectivity index (χ2n) is 8.65. The molecule has 1 aliphatic rings. The number of rotatable bonds is 7. The summed E-state index contributed by atoms with van der Waals surface area (Å²) >= 11 is 0. The highest BCUT2D eigenvalue weighted by Crippen LogP contribution is 2.40. The van der Waals surface area contributed by atoms with E-state index in [2.05, 4.69) is 56.6 Å². The van der Waals surface area contributed by atoms with Crippen LogP contribution >= 0.6 is 0 Å². The van der Waals surface area contributed by atoms with Crippen molar-refractivity contribution < 1.29 is 14.7 Å². The number of hydrogen-bond donors (Lipinski definition) is 3. The molecule has 0 fully saturated rings. The molecule has 7 heteroatoms. The molecule has 2 heterocycles. The molecule has 3 aromatic carbocycles. The van der Waals surface area contributed by atoms with E-state index in [0.717, 1.165) is 16.7 Å². The van der Waals surface area contributed by atoms with Crippen LogP contribution in [-0.4, -0.2) is 39.6 Å². The van der Waals surface area contributed by atoms with Crippen LogP contribution in [0.5, 0.6) is 0 Å². The van der Waals surface area contributed by atoms with E-state index >= 15 is 0 Å². The van der Waals surface area contributed by atoms with Crippen LogP contribution in [-0.2, 0) is 21.5 Å². The highest BCUT2D eigenvalue weighted by Gasteiger charge is 2.39. The molecule has 1 aliphatic heterocycles. The van der Waals surface area contributed by atoms with Crippen molar-refractivity contribution in [2.45, 2.75) is 18.0 Å². The molecule has 0 radical (unpaired) electrons. The molecule has 0 spiro atoms. The zero-order valence-corrected chi connectivity index (χ0v) is 19.8. The van der Waals surface area contributed by atoms with E-state index in [9.17, 15) is 14.7 Å². The quantitative estimate of drug-likeness (QED) is 0.281. The first kappa shape index (κ1) is 23.1. The van der Waals surface area contributed by atoms with E-state index < -0.39 is 23.4 Å². The van der Waals surface area contributed by atoms with Crippen LogP contribution in [0.1, 0.15) is 22.4 Å². The fourth-order valence-electron chi connectivity index (χ4n) is 4.93. The lowest BCUT2D eigenvalue weighted by atomic mass is 9.77. The average molecular weight is 479 g/mol. The van der Waals surface area contributed by atoms with E-state index in [1.807, 2.05) is 60.8 Å². The summed E-state index contributed by atoms with van der Waals surface area (Å²) in [5, 5.41) is 15.7. The lowest BCUT2D eigenvalue weighted by Gasteiger charge is -2.37. The maximum atomic E-state index is 12.3. The van der Waals surface area contributed by atoms with Crippen LogP contribution in [0, 0.1) is 0 Å². The molecule has 2 amide bonds. The Morgan fingerprint density at radius 3 is 1.92 bits per heavy atom. The third-order valence-corrected chi connectivity index (χ3v) is 6.58. The molecule has 3 N–H and O–H groups in total. The zero-order valence-electron chi connectivity index (χ0n) is 19.8. The topological polar surface area (TPSA) is 96.2 Å². The lowest BCUT2D eigenvalue weighted by Crippen LogP contribution is -2.37. The molecule has 0 saturated carbocycles. The third kappa shape index (κ3) is 3.84. The van der Waals surface area contributed by atoms with Gasteiger partial charge < -0.3 is 20.3 Å². The Hall–Kier alpha value is -4.65. The number of amides is 2. The second kappa shape index (κ2) is 9.54. The summed E-state index contributed by atoms with van der Waals surface area (Å²) in [7, 11) is 1.42. The van der Waals surface area contributed by atoms with Gasteiger partial charge in [0.1, 0.15) is 16.9 Å². The number of carbonyl (C=O) groups is 2. The Balaban J connectivity index is 1.63. The summed E-state index contributed by atoms with van der Waals surface area (Å²) in [5.41, 5.74) is 2.88. The van der Waals surface area contributed by atoms with Crippen molar-refractivity contribution in [1.82, 2.24) is 20.2 Å². The van der Waals surface area contributed by atoms with Gasteiger partial charge >= 0.3 is 0 Å². The number of likely N-dealkylation sites (N-methyl/N-ethyl adjacent to an activating group) is 1. The van der Waals surface area contributed by atoms with Crippen molar-refractivity contribution in [3.63, 3.8) is 0 Å². The van der Waals surface area contributed by atoms with Crippen molar-refractivity contribution in [2.75, 3.05) is 7.05 Å². The minimum atomic E-state index is -0.729. The first-order valence-electron chi connectivity index (χ1n) is 11.7. The van der Waals surface area contributed by atoms with Crippen molar-refractivity contribution in [3.8, 4) is 0 Å². The minimum Gasteiger partial charge on any atom is -0.509 e. The minimum absolute atomic E-state index is 0.236. The number of benzene rings is 3. The van der Waals surface area contributed by atoms with Crippen LogP contribution in [0.25, 0.3) is 0 Å². The second-order valence-corrected chi connectivity index (χ2v) is 8.65. The predicted octanol–water partition coefficient (Wildman–Crippen LogP) is 3.32. The Bertz CT molecular complexity index is 1320. The maximum absolute atomic E-state index is 12.3. The van der Waals surface area contributed by atoms with Crippen LogP contribution in [0.15, 0.2) is 115 Å². The number of aromatic nitrogens is 2. The van der Waals surface area contributed by atoms with Crippen LogP contribution < -0.4 is 10.6 Å². The largest absolute Gasteiger partial charge is 0.509 e. The van der Waals surface area contributed by atoms with Gasteiger partial charge in [0.15, 0.2) is 0 Å². The number of aliphatic hydroxyl groups is 1. The molecular weight excluding hydrogens is 452 g/mol. The van der Waals surface area contributed by atoms with Gasteiger partial charge in [0.2, 0.25) is 0 Å². The van der Waals surface area contributed by atoms with Gasteiger partial charge in [0.25, 0.3) is 11.8 Å². The smallest absolute Gasteiger partial charge is 0.261 e. The molecule has 0 saturated heterocycles. The summed E-state index contributed by atoms with van der Waals surface area (Å²) in [4.78, 5) is 29.0. The van der Waals surface area contributed by atoms with Crippen molar-refractivity contribution in [3.05, 3.63) is 137 Å². The van der Waals surface area contributed by atoms with Gasteiger partial charge in [0.05, 0.1) is 18.1 Å². The molecule has 36 heavy (non-hydrogen) atoms. The highest BCUT2D eigenvalue weighted by molar-refractivity contribution is 6.20. The van der Waals surface area contributed by atoms with E-state index in [1.54, 1.807) is 6.33 Å². The zero-order chi connectivity index (χ0) is 25.1. The van der Waals surface area contributed by atoms with E-state index in [1.165, 1.54) is 7.05 Å². The van der Waals surface area contributed by atoms with Crippen molar-refractivity contribution >= 4 is 11.8 Å². The fraction of sp³-hybridized carbons (Fsp3) is 0.138. The summed E-state index contributed by atoms with van der Waals surface area (Å²) in [5.74, 6) is -1.48. The summed E-state index contributed by atoms with van der Waals surface area (Å²) in [6.45, 7) is 0. The molecule has 0 bridgehead atoms. The van der Waals surface area contributed by atoms with Gasteiger partial charge in [-0.05, 0) is 16.7 Å². The van der Waals surface area contributed by atoms with Gasteiger partial charge in [-0.3, -0.25) is 9.59 Å². The Morgan fingerprint density at radius 1 is 0.944 bits per heavy atom. The van der Waals surface area contributed by atoms with E-state index in [4.69, 9.17) is 0 Å². The molecule has 1 atom stereocenters. The van der Waals surface area contributed by atoms with Crippen molar-refractivity contribution in [2.24, 2.45) is 0 Å². The number of hydrogen-bond acceptors (Lipinski definition) is 4. The Kier molecular flexibility index (Phi) is 6.12. The SMILES string of the molecule is CNC(=O)C1=C(O)C(Cc2cn(C(c3ccccc3)(c3ccccc3)c3ccccc3)cn2)NC1=O. The Morgan fingerprint density at radius 2 is 1.44 bits per heavy atom. The number of imidazole rings is 1. The number of nitrogens with zero attached hydrogens (tertiary/aromatic N) is 2. The highest BCUT2D eigenvalue weighted by atomic mass is 16.3. The molecule has 7 nitrogen and oxygen atoms in total.